The van der Waals surface area contributed by atoms with Crippen molar-refractivity contribution in [3.63, 3.8) is 0 Å². The molecule has 0 heterocycles. The van der Waals surface area contributed by atoms with E-state index in [1.54, 1.807) is 0 Å². The standard InChI is InChI=1S/C6H9FO5S/c1-4(8)3-6(7,5(2)9)13(10,11)12/h3H2,1-2H3,(H,10,11,12). The van der Waals surface area contributed by atoms with Crippen LogP contribution in [0.5, 0.6) is 0 Å². The maximum absolute atomic E-state index is 13.3. The lowest BCUT2D eigenvalue weighted by atomic mass is 10.1. The lowest BCUT2D eigenvalue weighted by Crippen LogP contribution is -2.42. The van der Waals surface area contributed by atoms with E-state index in [1.807, 2.05) is 0 Å². The quantitative estimate of drug-likeness (QED) is 0.668. The number of Topliss-reactive ketones (excluding diaryl/α,β-unsaturated/α-hetero) is 2. The zero-order valence-corrected chi connectivity index (χ0v) is 7.89. The highest BCUT2D eigenvalue weighted by atomic mass is 32.2. The van der Waals surface area contributed by atoms with Gasteiger partial charge in [0.2, 0.25) is 0 Å². The topological polar surface area (TPSA) is 88.5 Å². The van der Waals surface area contributed by atoms with Crippen molar-refractivity contribution in [2.24, 2.45) is 0 Å². The van der Waals surface area contributed by atoms with E-state index < -0.39 is 33.1 Å². The Kier molecular flexibility index (Phi) is 3.28. The molecule has 0 fully saturated rings. The Morgan fingerprint density at radius 1 is 1.38 bits per heavy atom. The summed E-state index contributed by atoms with van der Waals surface area (Å²) in [6, 6.07) is 0. The Labute approximate surface area is 74.7 Å². The number of alkyl halides is 1. The molecule has 0 aliphatic heterocycles. The van der Waals surface area contributed by atoms with Gasteiger partial charge in [-0.25, -0.2) is 4.39 Å². The van der Waals surface area contributed by atoms with E-state index in [0.29, 0.717) is 6.92 Å². The second kappa shape index (κ2) is 3.51. The summed E-state index contributed by atoms with van der Waals surface area (Å²) >= 11 is 0. The zero-order valence-electron chi connectivity index (χ0n) is 7.07. The van der Waals surface area contributed by atoms with Crippen LogP contribution in [-0.4, -0.2) is 29.5 Å². The number of halogens is 1. The van der Waals surface area contributed by atoms with E-state index in [2.05, 4.69) is 0 Å². The summed E-state index contributed by atoms with van der Waals surface area (Å²) in [5.41, 5.74) is 0. The summed E-state index contributed by atoms with van der Waals surface area (Å²) in [5.74, 6) is -2.25. The second-order valence-electron chi connectivity index (χ2n) is 2.64. The van der Waals surface area contributed by atoms with Crippen molar-refractivity contribution in [1.82, 2.24) is 0 Å². The summed E-state index contributed by atoms with van der Waals surface area (Å²) in [7, 11) is -5.20. The van der Waals surface area contributed by atoms with E-state index in [0.717, 1.165) is 6.92 Å². The van der Waals surface area contributed by atoms with Gasteiger partial charge in [-0.1, -0.05) is 0 Å². The molecule has 0 bridgehead atoms. The van der Waals surface area contributed by atoms with Crippen molar-refractivity contribution in [1.29, 1.82) is 0 Å². The summed E-state index contributed by atoms with van der Waals surface area (Å²) < 4.78 is 42.5. The van der Waals surface area contributed by atoms with Crippen LogP contribution in [0.1, 0.15) is 20.3 Å². The fraction of sp³-hybridized carbons (Fsp3) is 0.667. The van der Waals surface area contributed by atoms with Crippen molar-refractivity contribution in [2.75, 3.05) is 0 Å². The SMILES string of the molecule is CC(=O)CC(F)(C(C)=O)S(=O)(=O)O. The largest absolute Gasteiger partial charge is 0.308 e. The molecule has 0 spiro atoms. The van der Waals surface area contributed by atoms with Crippen LogP contribution in [0.3, 0.4) is 0 Å². The molecule has 0 saturated heterocycles. The third kappa shape index (κ3) is 2.56. The van der Waals surface area contributed by atoms with Gasteiger partial charge in [0, 0.05) is 0 Å². The molecule has 76 valence electrons. The monoisotopic (exact) mass is 212 g/mol. The molecule has 0 radical (unpaired) electrons. The van der Waals surface area contributed by atoms with Crippen LogP contribution in [0.15, 0.2) is 0 Å². The maximum Gasteiger partial charge on any atom is 0.308 e. The van der Waals surface area contributed by atoms with Gasteiger partial charge in [-0.15, -0.1) is 0 Å². The van der Waals surface area contributed by atoms with Gasteiger partial charge >= 0.3 is 10.1 Å². The highest BCUT2D eigenvalue weighted by Crippen LogP contribution is 2.24. The van der Waals surface area contributed by atoms with E-state index in [-0.39, 0.29) is 0 Å². The molecular weight excluding hydrogens is 203 g/mol. The van der Waals surface area contributed by atoms with E-state index in [4.69, 9.17) is 4.55 Å². The van der Waals surface area contributed by atoms with Gasteiger partial charge in [0.1, 0.15) is 5.78 Å². The predicted octanol–water partition coefficient (Wildman–Crippen LogP) is 0.108. The summed E-state index contributed by atoms with van der Waals surface area (Å²) in [6.07, 6.45) is -1.17. The molecule has 0 aromatic heterocycles. The van der Waals surface area contributed by atoms with Crippen LogP contribution in [0.4, 0.5) is 4.39 Å². The molecule has 0 rings (SSSR count). The van der Waals surface area contributed by atoms with E-state index in [1.165, 1.54) is 0 Å². The highest BCUT2D eigenvalue weighted by Gasteiger charge is 2.49. The Bertz CT molecular complexity index is 333. The maximum atomic E-state index is 13.3. The first-order chi connectivity index (χ1) is 5.61. The summed E-state index contributed by atoms with van der Waals surface area (Å²) in [5, 5.41) is -3.50. The molecule has 1 N–H and O–H groups in total. The number of rotatable bonds is 4. The first kappa shape index (κ1) is 12.2. The smallest absolute Gasteiger partial charge is 0.300 e. The Hall–Kier alpha value is -0.820. The average molecular weight is 212 g/mol. The summed E-state index contributed by atoms with van der Waals surface area (Å²) in [4.78, 5) is 21.0. The molecule has 13 heavy (non-hydrogen) atoms. The molecule has 7 heteroatoms. The minimum absolute atomic E-state index is 0.650. The van der Waals surface area contributed by atoms with Gasteiger partial charge in [0.25, 0.3) is 5.00 Å². The molecular formula is C6H9FO5S. The van der Waals surface area contributed by atoms with E-state index in [9.17, 15) is 22.4 Å². The normalized spacial score (nSPS) is 16.3. The molecule has 1 unspecified atom stereocenters. The van der Waals surface area contributed by atoms with E-state index >= 15 is 0 Å². The van der Waals surface area contributed by atoms with Gasteiger partial charge < -0.3 is 0 Å². The van der Waals surface area contributed by atoms with Crippen LogP contribution in [0.2, 0.25) is 0 Å². The van der Waals surface area contributed by atoms with Crippen molar-refractivity contribution in [2.45, 2.75) is 25.3 Å². The molecule has 0 aliphatic rings. The fourth-order valence-electron chi connectivity index (χ4n) is 0.718. The molecule has 0 aromatic carbocycles. The van der Waals surface area contributed by atoms with Crippen molar-refractivity contribution >= 4 is 21.7 Å². The average Bonchev–Trinajstić information content (AvgIpc) is 1.82. The molecule has 0 aliphatic carbocycles. The fourth-order valence-corrected chi connectivity index (χ4v) is 1.47. The highest BCUT2D eigenvalue weighted by molar-refractivity contribution is 7.88. The number of ketones is 2. The van der Waals surface area contributed by atoms with Crippen LogP contribution in [0, 0.1) is 0 Å². The molecule has 0 aromatic rings. The third-order valence-electron chi connectivity index (χ3n) is 1.41. The third-order valence-corrected chi connectivity index (χ3v) is 2.66. The summed E-state index contributed by atoms with van der Waals surface area (Å²) in [6.45, 7) is 1.57. The molecule has 5 nitrogen and oxygen atoms in total. The van der Waals surface area contributed by atoms with Gasteiger partial charge in [0.05, 0.1) is 6.42 Å². The molecule has 0 amide bonds. The van der Waals surface area contributed by atoms with Crippen molar-refractivity contribution in [3.8, 4) is 0 Å². The zero-order chi connectivity index (χ0) is 10.9. The van der Waals surface area contributed by atoms with Crippen LogP contribution in [0.25, 0.3) is 0 Å². The Morgan fingerprint density at radius 2 is 1.77 bits per heavy atom. The molecule has 0 saturated carbocycles. The number of carbonyl (C=O) groups is 2. The van der Waals surface area contributed by atoms with Crippen LogP contribution < -0.4 is 0 Å². The lowest BCUT2D eigenvalue weighted by molar-refractivity contribution is -0.129. The van der Waals surface area contributed by atoms with Gasteiger partial charge in [-0.05, 0) is 13.8 Å². The predicted molar refractivity (Wildman–Crippen MR) is 41.4 cm³/mol. The first-order valence-electron chi connectivity index (χ1n) is 3.27. The Balaban J connectivity index is 5.21. The van der Waals surface area contributed by atoms with Crippen molar-refractivity contribution < 1.29 is 27.0 Å². The van der Waals surface area contributed by atoms with Crippen LogP contribution >= 0.6 is 0 Å². The number of carbonyl (C=O) groups excluding carboxylic acids is 2. The van der Waals surface area contributed by atoms with Crippen molar-refractivity contribution in [3.05, 3.63) is 0 Å². The molecule has 1 atom stereocenters. The Morgan fingerprint density at radius 3 is 1.85 bits per heavy atom. The first-order valence-corrected chi connectivity index (χ1v) is 4.71. The lowest BCUT2D eigenvalue weighted by Gasteiger charge is -2.16. The second-order valence-corrected chi connectivity index (χ2v) is 4.24. The van der Waals surface area contributed by atoms with Gasteiger partial charge in [-0.3, -0.25) is 14.1 Å². The van der Waals surface area contributed by atoms with Crippen LogP contribution in [-0.2, 0) is 19.7 Å². The minimum atomic E-state index is -5.20. The van der Waals surface area contributed by atoms with Gasteiger partial charge in [-0.2, -0.15) is 8.42 Å². The minimum Gasteiger partial charge on any atom is -0.300 e. The van der Waals surface area contributed by atoms with Gasteiger partial charge in [0.15, 0.2) is 5.78 Å². The number of hydrogen-bond acceptors (Lipinski definition) is 4. The number of hydrogen-bond donors (Lipinski definition) is 1.